The minimum Gasteiger partial charge on any atom is -0.459 e. The van der Waals surface area contributed by atoms with Gasteiger partial charge in [0, 0.05) is 29.4 Å². The molecule has 1 N–H and O–H groups in total. The average Bonchev–Trinajstić information content (AvgIpc) is 3.05. The van der Waals surface area contributed by atoms with Crippen molar-refractivity contribution in [2.24, 2.45) is 0 Å². The second-order valence-corrected chi connectivity index (χ2v) is 5.24. The molecule has 2 aromatic heterocycles. The fraction of sp³-hybridized carbons (Fsp3) is 0.312. The molecule has 2 heterocycles. The van der Waals surface area contributed by atoms with Crippen LogP contribution in [0.4, 0.5) is 0 Å². The van der Waals surface area contributed by atoms with E-state index in [0.717, 1.165) is 24.4 Å². The summed E-state index contributed by atoms with van der Waals surface area (Å²) in [4.78, 5) is 0. The molecular weight excluding hydrogens is 250 g/mol. The number of hydrogen-bond donors (Lipinski definition) is 1. The highest BCUT2D eigenvalue weighted by Gasteiger charge is 2.14. The number of nitrogens with zero attached hydrogens (tertiary/aromatic N) is 2. The summed E-state index contributed by atoms with van der Waals surface area (Å²) < 4.78 is 7.92. The first-order chi connectivity index (χ1) is 9.74. The van der Waals surface area contributed by atoms with E-state index < -0.39 is 0 Å². The van der Waals surface area contributed by atoms with Gasteiger partial charge in [0.05, 0.1) is 13.1 Å². The number of benzene rings is 1. The lowest BCUT2D eigenvalue weighted by atomic mass is 10.1. The van der Waals surface area contributed by atoms with Crippen LogP contribution in [-0.4, -0.2) is 15.8 Å². The van der Waals surface area contributed by atoms with E-state index in [1.54, 1.807) is 6.20 Å². The van der Waals surface area contributed by atoms with E-state index in [1.807, 2.05) is 35.1 Å². The van der Waals surface area contributed by atoms with Crippen molar-refractivity contribution in [1.82, 2.24) is 15.1 Å². The third-order valence-corrected chi connectivity index (χ3v) is 3.33. The number of furan rings is 1. The van der Waals surface area contributed by atoms with Crippen LogP contribution in [0.15, 0.2) is 47.1 Å². The molecule has 1 aromatic carbocycles. The van der Waals surface area contributed by atoms with Crippen LogP contribution < -0.4 is 5.32 Å². The Morgan fingerprint density at radius 2 is 2.10 bits per heavy atom. The van der Waals surface area contributed by atoms with Gasteiger partial charge >= 0.3 is 0 Å². The molecule has 4 heteroatoms. The molecule has 0 atom stereocenters. The van der Waals surface area contributed by atoms with Gasteiger partial charge in [-0.25, -0.2) is 0 Å². The van der Waals surface area contributed by atoms with E-state index in [2.05, 4.69) is 30.3 Å². The predicted molar refractivity (Wildman–Crippen MR) is 79.5 cm³/mol. The van der Waals surface area contributed by atoms with Crippen LogP contribution in [0.2, 0.25) is 0 Å². The lowest BCUT2D eigenvalue weighted by Gasteiger charge is -2.08. The number of fused-ring (bicyclic) bond motifs is 1. The zero-order valence-corrected chi connectivity index (χ0v) is 11.8. The highest BCUT2D eigenvalue weighted by Crippen LogP contribution is 2.26. The zero-order valence-electron chi connectivity index (χ0n) is 11.8. The molecule has 0 fully saturated rings. The number of aromatic nitrogens is 2. The standard InChI is InChI=1S/C16H19N3O/c1-12(2)17-10-16-14(11-19-9-5-8-18-19)13-6-3-4-7-15(13)20-16/h3-9,12,17H,10-11H2,1-2H3. The maximum absolute atomic E-state index is 5.99. The topological polar surface area (TPSA) is 43.0 Å². The molecule has 3 rings (SSSR count). The van der Waals surface area contributed by atoms with Gasteiger partial charge in [0.1, 0.15) is 11.3 Å². The van der Waals surface area contributed by atoms with Gasteiger partial charge in [-0.1, -0.05) is 32.0 Å². The van der Waals surface area contributed by atoms with E-state index >= 15 is 0 Å². The molecule has 0 spiro atoms. The van der Waals surface area contributed by atoms with Crippen LogP contribution in [0.3, 0.4) is 0 Å². The van der Waals surface area contributed by atoms with Gasteiger partial charge in [-0.3, -0.25) is 4.68 Å². The summed E-state index contributed by atoms with van der Waals surface area (Å²) in [5.74, 6) is 0.996. The molecule has 104 valence electrons. The Balaban J connectivity index is 1.99. The third kappa shape index (κ3) is 2.60. The van der Waals surface area contributed by atoms with E-state index in [1.165, 1.54) is 10.9 Å². The lowest BCUT2D eigenvalue weighted by Crippen LogP contribution is -2.22. The van der Waals surface area contributed by atoms with Crippen molar-refractivity contribution in [2.45, 2.75) is 33.0 Å². The van der Waals surface area contributed by atoms with Crippen LogP contribution in [0, 0.1) is 0 Å². The molecule has 0 saturated heterocycles. The molecule has 0 aliphatic rings. The molecule has 0 saturated carbocycles. The van der Waals surface area contributed by atoms with Crippen LogP contribution in [0.5, 0.6) is 0 Å². The summed E-state index contributed by atoms with van der Waals surface area (Å²) in [6, 6.07) is 10.5. The first-order valence-electron chi connectivity index (χ1n) is 6.94. The number of para-hydroxylation sites is 1. The Morgan fingerprint density at radius 1 is 1.25 bits per heavy atom. The second kappa shape index (κ2) is 5.51. The van der Waals surface area contributed by atoms with E-state index in [-0.39, 0.29) is 0 Å². The molecule has 3 aromatic rings. The highest BCUT2D eigenvalue weighted by molar-refractivity contribution is 5.82. The zero-order chi connectivity index (χ0) is 13.9. The summed E-state index contributed by atoms with van der Waals surface area (Å²) in [6.45, 7) is 5.74. The van der Waals surface area contributed by atoms with Crippen molar-refractivity contribution < 1.29 is 4.42 Å². The quantitative estimate of drug-likeness (QED) is 0.773. The molecule has 0 amide bonds. The van der Waals surface area contributed by atoms with Gasteiger partial charge in [-0.2, -0.15) is 5.10 Å². The SMILES string of the molecule is CC(C)NCc1oc2ccccc2c1Cn1cccn1. The average molecular weight is 269 g/mol. The van der Waals surface area contributed by atoms with Gasteiger partial charge < -0.3 is 9.73 Å². The maximum Gasteiger partial charge on any atom is 0.134 e. The highest BCUT2D eigenvalue weighted by atomic mass is 16.3. The Morgan fingerprint density at radius 3 is 2.85 bits per heavy atom. The monoisotopic (exact) mass is 269 g/mol. The fourth-order valence-corrected chi connectivity index (χ4v) is 2.32. The van der Waals surface area contributed by atoms with Crippen molar-refractivity contribution in [3.8, 4) is 0 Å². The molecule has 0 radical (unpaired) electrons. The van der Waals surface area contributed by atoms with E-state index in [4.69, 9.17) is 4.42 Å². The Labute approximate surface area is 118 Å². The van der Waals surface area contributed by atoms with Crippen molar-refractivity contribution in [3.63, 3.8) is 0 Å². The van der Waals surface area contributed by atoms with Gasteiger partial charge in [-0.05, 0) is 12.1 Å². The van der Waals surface area contributed by atoms with Crippen molar-refractivity contribution >= 4 is 11.0 Å². The number of nitrogens with one attached hydrogen (secondary N) is 1. The van der Waals surface area contributed by atoms with Crippen LogP contribution in [0.25, 0.3) is 11.0 Å². The van der Waals surface area contributed by atoms with Crippen LogP contribution in [0.1, 0.15) is 25.2 Å². The van der Waals surface area contributed by atoms with Gasteiger partial charge in [0.25, 0.3) is 0 Å². The summed E-state index contributed by atoms with van der Waals surface area (Å²) in [6.07, 6.45) is 3.77. The Hall–Kier alpha value is -2.07. The van der Waals surface area contributed by atoms with Crippen LogP contribution >= 0.6 is 0 Å². The first-order valence-corrected chi connectivity index (χ1v) is 6.94. The third-order valence-electron chi connectivity index (χ3n) is 3.33. The molecule has 0 unspecified atom stereocenters. The van der Waals surface area contributed by atoms with Crippen molar-refractivity contribution in [3.05, 3.63) is 54.0 Å². The Kier molecular flexibility index (Phi) is 3.56. The predicted octanol–water partition coefficient (Wildman–Crippen LogP) is 3.18. The van der Waals surface area contributed by atoms with E-state index in [9.17, 15) is 0 Å². The maximum atomic E-state index is 5.99. The fourth-order valence-electron chi connectivity index (χ4n) is 2.32. The van der Waals surface area contributed by atoms with Gasteiger partial charge in [0.15, 0.2) is 0 Å². The molecular formula is C16H19N3O. The second-order valence-electron chi connectivity index (χ2n) is 5.24. The normalized spacial score (nSPS) is 11.6. The van der Waals surface area contributed by atoms with E-state index in [0.29, 0.717) is 6.04 Å². The van der Waals surface area contributed by atoms with Gasteiger partial charge in [-0.15, -0.1) is 0 Å². The Bertz CT molecular complexity index is 683. The molecule has 0 aliphatic carbocycles. The number of hydrogen-bond acceptors (Lipinski definition) is 3. The largest absolute Gasteiger partial charge is 0.459 e. The molecule has 0 aliphatic heterocycles. The van der Waals surface area contributed by atoms with Crippen molar-refractivity contribution in [2.75, 3.05) is 0 Å². The summed E-state index contributed by atoms with van der Waals surface area (Å²) >= 11 is 0. The molecule has 0 bridgehead atoms. The van der Waals surface area contributed by atoms with Crippen molar-refractivity contribution in [1.29, 1.82) is 0 Å². The number of rotatable bonds is 5. The first kappa shape index (κ1) is 12.9. The lowest BCUT2D eigenvalue weighted by molar-refractivity contribution is 0.480. The summed E-state index contributed by atoms with van der Waals surface area (Å²) in [7, 11) is 0. The molecule has 20 heavy (non-hydrogen) atoms. The minimum absolute atomic E-state index is 0.431. The van der Waals surface area contributed by atoms with Crippen LogP contribution in [-0.2, 0) is 13.1 Å². The molecule has 4 nitrogen and oxygen atoms in total. The minimum atomic E-state index is 0.431. The van der Waals surface area contributed by atoms with Gasteiger partial charge in [0.2, 0.25) is 0 Å². The summed E-state index contributed by atoms with van der Waals surface area (Å²) in [5.41, 5.74) is 2.15. The smallest absolute Gasteiger partial charge is 0.134 e. The summed E-state index contributed by atoms with van der Waals surface area (Å²) in [5, 5.41) is 8.88.